The van der Waals surface area contributed by atoms with Gasteiger partial charge in [0.1, 0.15) is 0 Å². The largest absolute Gasteiger partial charge is 0.0654 e. The highest BCUT2D eigenvalue weighted by Crippen LogP contribution is 2.17. The summed E-state index contributed by atoms with van der Waals surface area (Å²) in [6, 6.07) is 0. The van der Waals surface area contributed by atoms with Crippen molar-refractivity contribution in [2.24, 2.45) is 11.8 Å². The summed E-state index contributed by atoms with van der Waals surface area (Å²) >= 11 is 0. The number of hydrogen-bond donors (Lipinski definition) is 0. The van der Waals surface area contributed by atoms with Crippen LogP contribution in [0.5, 0.6) is 0 Å². The van der Waals surface area contributed by atoms with Gasteiger partial charge >= 0.3 is 0 Å². The highest BCUT2D eigenvalue weighted by molar-refractivity contribution is 4.54. The molecule has 0 fully saturated rings. The van der Waals surface area contributed by atoms with Crippen LogP contribution in [0.2, 0.25) is 0 Å². The second kappa shape index (κ2) is 11.5. The summed E-state index contributed by atoms with van der Waals surface area (Å²) < 4.78 is 0. The lowest BCUT2D eigenvalue weighted by atomic mass is 9.96. The number of hydrogen-bond acceptors (Lipinski definition) is 0. The molecule has 0 amide bonds. The monoisotopic (exact) mass is 226 g/mol. The molecule has 0 aromatic heterocycles. The maximum atomic E-state index is 2.43. The molecule has 0 aromatic carbocycles. The molecule has 0 bridgehead atoms. The first-order valence-corrected chi connectivity index (χ1v) is 7.66. The van der Waals surface area contributed by atoms with Gasteiger partial charge in [0.25, 0.3) is 0 Å². The number of unbranched alkanes of at least 4 members (excludes halogenated alkanes) is 5. The van der Waals surface area contributed by atoms with Gasteiger partial charge in [0.05, 0.1) is 0 Å². The van der Waals surface area contributed by atoms with Crippen LogP contribution in [0.3, 0.4) is 0 Å². The molecule has 0 saturated heterocycles. The van der Waals surface area contributed by atoms with Crippen molar-refractivity contribution < 1.29 is 0 Å². The summed E-state index contributed by atoms with van der Waals surface area (Å²) in [5, 5.41) is 0. The highest BCUT2D eigenvalue weighted by Gasteiger charge is 2.01. The second-order valence-electron chi connectivity index (χ2n) is 5.99. The first kappa shape index (κ1) is 16.0. The van der Waals surface area contributed by atoms with E-state index in [0.29, 0.717) is 0 Å². The second-order valence-corrected chi connectivity index (χ2v) is 5.99. The number of rotatable bonds is 11. The van der Waals surface area contributed by atoms with Gasteiger partial charge in [-0.25, -0.2) is 0 Å². The maximum absolute atomic E-state index is 2.43. The third-order valence-electron chi connectivity index (χ3n) is 3.53. The van der Waals surface area contributed by atoms with Gasteiger partial charge in [-0.3, -0.25) is 0 Å². The van der Waals surface area contributed by atoms with E-state index in [2.05, 4.69) is 27.7 Å². The van der Waals surface area contributed by atoms with Crippen LogP contribution < -0.4 is 0 Å². The summed E-state index contributed by atoms with van der Waals surface area (Å²) in [6.07, 6.45) is 14.4. The maximum Gasteiger partial charge on any atom is -0.0443 e. The Morgan fingerprint density at radius 2 is 1.12 bits per heavy atom. The Hall–Kier alpha value is 0. The molecule has 1 atom stereocenters. The van der Waals surface area contributed by atoms with E-state index in [1.54, 1.807) is 0 Å². The standard InChI is InChI=1S/C16H34/c1-5-6-13-16(4)14-11-9-7-8-10-12-15(2)3/h15-16H,5-14H2,1-4H3. The molecule has 0 aliphatic heterocycles. The highest BCUT2D eigenvalue weighted by atomic mass is 14.1. The van der Waals surface area contributed by atoms with Crippen LogP contribution >= 0.6 is 0 Å². The zero-order valence-corrected chi connectivity index (χ0v) is 12.2. The fraction of sp³-hybridized carbons (Fsp3) is 1.00. The Kier molecular flexibility index (Phi) is 11.5. The average Bonchev–Trinajstić information content (AvgIpc) is 2.24. The van der Waals surface area contributed by atoms with E-state index in [0.717, 1.165) is 11.8 Å². The minimum atomic E-state index is 0.897. The van der Waals surface area contributed by atoms with Crippen molar-refractivity contribution in [1.82, 2.24) is 0 Å². The van der Waals surface area contributed by atoms with Crippen LogP contribution in [0, 0.1) is 11.8 Å². The smallest absolute Gasteiger partial charge is 0.0443 e. The summed E-state index contributed by atoms with van der Waals surface area (Å²) in [5.41, 5.74) is 0. The van der Waals surface area contributed by atoms with Crippen molar-refractivity contribution in [3.8, 4) is 0 Å². The van der Waals surface area contributed by atoms with Crippen LogP contribution in [0.25, 0.3) is 0 Å². The van der Waals surface area contributed by atoms with Crippen molar-refractivity contribution >= 4 is 0 Å². The molecule has 0 radical (unpaired) electrons. The molecule has 0 aliphatic rings. The van der Waals surface area contributed by atoms with E-state index in [9.17, 15) is 0 Å². The topological polar surface area (TPSA) is 0 Å². The Bertz CT molecular complexity index is 126. The van der Waals surface area contributed by atoms with Gasteiger partial charge in [-0.2, -0.15) is 0 Å². The predicted molar refractivity (Wildman–Crippen MR) is 75.8 cm³/mol. The van der Waals surface area contributed by atoms with Crippen LogP contribution in [-0.4, -0.2) is 0 Å². The Balaban J connectivity index is 3.08. The molecule has 0 nitrogen and oxygen atoms in total. The predicted octanol–water partition coefficient (Wildman–Crippen LogP) is 6.20. The van der Waals surface area contributed by atoms with Crippen LogP contribution in [0.15, 0.2) is 0 Å². The quantitative estimate of drug-likeness (QED) is 0.368. The molecule has 98 valence electrons. The Labute approximate surface area is 104 Å². The lowest BCUT2D eigenvalue weighted by molar-refractivity contribution is 0.438. The molecule has 0 aromatic rings. The first-order valence-electron chi connectivity index (χ1n) is 7.66. The molecule has 0 N–H and O–H groups in total. The lowest BCUT2D eigenvalue weighted by Crippen LogP contribution is -1.94. The van der Waals surface area contributed by atoms with Crippen molar-refractivity contribution in [3.63, 3.8) is 0 Å². The molecule has 0 heterocycles. The lowest BCUT2D eigenvalue weighted by Gasteiger charge is -2.10. The molecule has 0 rings (SSSR count). The SMILES string of the molecule is CCCCC(C)CCCCCCCC(C)C. The molecule has 0 spiro atoms. The van der Waals surface area contributed by atoms with Crippen LogP contribution in [0.4, 0.5) is 0 Å². The summed E-state index contributed by atoms with van der Waals surface area (Å²) in [4.78, 5) is 0. The fourth-order valence-electron chi connectivity index (χ4n) is 2.27. The van der Waals surface area contributed by atoms with Gasteiger partial charge < -0.3 is 0 Å². The van der Waals surface area contributed by atoms with Crippen LogP contribution in [-0.2, 0) is 0 Å². The Morgan fingerprint density at radius 3 is 1.69 bits per heavy atom. The first-order chi connectivity index (χ1) is 7.66. The van der Waals surface area contributed by atoms with Crippen molar-refractivity contribution in [1.29, 1.82) is 0 Å². The van der Waals surface area contributed by atoms with E-state index < -0.39 is 0 Å². The van der Waals surface area contributed by atoms with Crippen molar-refractivity contribution in [2.75, 3.05) is 0 Å². The molecule has 16 heavy (non-hydrogen) atoms. The van der Waals surface area contributed by atoms with Gasteiger partial charge in [0, 0.05) is 0 Å². The molecule has 0 heteroatoms. The van der Waals surface area contributed by atoms with Gasteiger partial charge in [0.2, 0.25) is 0 Å². The van der Waals surface area contributed by atoms with E-state index in [1.165, 1.54) is 64.2 Å². The van der Waals surface area contributed by atoms with Gasteiger partial charge in [-0.05, 0) is 11.8 Å². The third-order valence-corrected chi connectivity index (χ3v) is 3.53. The van der Waals surface area contributed by atoms with E-state index in [1.807, 2.05) is 0 Å². The van der Waals surface area contributed by atoms with E-state index in [4.69, 9.17) is 0 Å². The van der Waals surface area contributed by atoms with E-state index in [-0.39, 0.29) is 0 Å². The molecular weight excluding hydrogens is 192 g/mol. The minimum Gasteiger partial charge on any atom is -0.0654 e. The van der Waals surface area contributed by atoms with Crippen molar-refractivity contribution in [3.05, 3.63) is 0 Å². The van der Waals surface area contributed by atoms with Gasteiger partial charge in [-0.15, -0.1) is 0 Å². The molecule has 0 saturated carbocycles. The fourth-order valence-corrected chi connectivity index (χ4v) is 2.27. The zero-order valence-electron chi connectivity index (χ0n) is 12.2. The third kappa shape index (κ3) is 12.1. The Morgan fingerprint density at radius 1 is 0.625 bits per heavy atom. The molecule has 1 unspecified atom stereocenters. The average molecular weight is 226 g/mol. The minimum absolute atomic E-state index is 0.897. The van der Waals surface area contributed by atoms with Crippen molar-refractivity contribution in [2.45, 2.75) is 91.9 Å². The zero-order chi connectivity index (χ0) is 12.2. The molecular formula is C16H34. The summed E-state index contributed by atoms with van der Waals surface area (Å²) in [6.45, 7) is 9.38. The summed E-state index contributed by atoms with van der Waals surface area (Å²) in [7, 11) is 0. The normalized spacial score (nSPS) is 13.3. The van der Waals surface area contributed by atoms with Crippen LogP contribution in [0.1, 0.15) is 91.9 Å². The molecule has 0 aliphatic carbocycles. The summed E-state index contributed by atoms with van der Waals surface area (Å²) in [5.74, 6) is 1.87. The van der Waals surface area contributed by atoms with Gasteiger partial charge in [-0.1, -0.05) is 91.9 Å². The van der Waals surface area contributed by atoms with E-state index >= 15 is 0 Å². The van der Waals surface area contributed by atoms with Gasteiger partial charge in [0.15, 0.2) is 0 Å².